The molecule has 5 heteroatoms. The summed E-state index contributed by atoms with van der Waals surface area (Å²) in [6, 6.07) is 13.0. The molecule has 2 rings (SSSR count). The maximum Gasteiger partial charge on any atom is 0.289 e. The van der Waals surface area contributed by atoms with E-state index >= 15 is 0 Å². The molecule has 1 amide bonds. The van der Waals surface area contributed by atoms with Crippen LogP contribution in [0, 0.1) is 22.7 Å². The lowest BCUT2D eigenvalue weighted by Gasteiger charge is -2.18. The highest BCUT2D eigenvalue weighted by molar-refractivity contribution is 5.96. The standard InChI is InChI=1S/C15H13N3O2/c16-7-3-9-18(10-4-8-17)15(19)14-11-12-5-1-2-6-13(12)20-14/h1-2,5-6,11H,3-4,9-10H2. The molecule has 0 N–H and O–H groups in total. The predicted molar refractivity (Wildman–Crippen MR) is 72.6 cm³/mol. The Balaban J connectivity index is 2.21. The van der Waals surface area contributed by atoms with Crippen molar-refractivity contribution in [3.63, 3.8) is 0 Å². The van der Waals surface area contributed by atoms with Gasteiger partial charge in [0.05, 0.1) is 25.0 Å². The summed E-state index contributed by atoms with van der Waals surface area (Å²) in [5.74, 6) is -0.0474. The number of carbonyl (C=O) groups is 1. The summed E-state index contributed by atoms with van der Waals surface area (Å²) < 4.78 is 5.51. The molecule has 0 spiro atoms. The summed E-state index contributed by atoms with van der Waals surface area (Å²) in [7, 11) is 0. The molecule has 1 aromatic heterocycles. The Labute approximate surface area is 116 Å². The van der Waals surface area contributed by atoms with Crippen molar-refractivity contribution in [3.8, 4) is 12.1 Å². The van der Waals surface area contributed by atoms with Crippen molar-refractivity contribution < 1.29 is 9.21 Å². The number of para-hydroxylation sites is 1. The molecule has 0 aliphatic heterocycles. The molecular formula is C15H13N3O2. The van der Waals surface area contributed by atoms with Gasteiger partial charge in [0.2, 0.25) is 0 Å². The Morgan fingerprint density at radius 2 is 1.80 bits per heavy atom. The number of nitriles is 2. The summed E-state index contributed by atoms with van der Waals surface area (Å²) >= 11 is 0. The number of furan rings is 1. The average Bonchev–Trinajstić information content (AvgIpc) is 2.90. The van der Waals surface area contributed by atoms with Crippen molar-refractivity contribution >= 4 is 16.9 Å². The fourth-order valence-corrected chi connectivity index (χ4v) is 1.93. The van der Waals surface area contributed by atoms with E-state index in [-0.39, 0.29) is 24.5 Å². The quantitative estimate of drug-likeness (QED) is 0.834. The smallest absolute Gasteiger partial charge is 0.289 e. The predicted octanol–water partition coefficient (Wildman–Crippen LogP) is 2.70. The third-order valence-electron chi connectivity index (χ3n) is 2.91. The lowest BCUT2D eigenvalue weighted by atomic mass is 10.2. The van der Waals surface area contributed by atoms with Crippen LogP contribution in [0.1, 0.15) is 23.4 Å². The zero-order valence-corrected chi connectivity index (χ0v) is 10.9. The van der Waals surface area contributed by atoms with Crippen molar-refractivity contribution in [1.29, 1.82) is 10.5 Å². The number of benzene rings is 1. The number of carbonyl (C=O) groups excluding carboxylic acids is 1. The van der Waals surface area contributed by atoms with Crippen LogP contribution in [0.2, 0.25) is 0 Å². The summed E-state index contributed by atoms with van der Waals surface area (Å²) in [4.78, 5) is 13.8. The van der Waals surface area contributed by atoms with E-state index in [1.54, 1.807) is 12.1 Å². The molecule has 0 saturated carbocycles. The first-order valence-corrected chi connectivity index (χ1v) is 6.28. The minimum atomic E-state index is -0.285. The Bertz CT molecular complexity index is 640. The number of rotatable bonds is 5. The van der Waals surface area contributed by atoms with Gasteiger partial charge < -0.3 is 9.32 Å². The van der Waals surface area contributed by atoms with E-state index in [0.717, 1.165) is 5.39 Å². The van der Waals surface area contributed by atoms with Crippen molar-refractivity contribution in [2.24, 2.45) is 0 Å². The van der Waals surface area contributed by atoms with Crippen molar-refractivity contribution in [2.75, 3.05) is 13.1 Å². The lowest BCUT2D eigenvalue weighted by Crippen LogP contribution is -2.32. The average molecular weight is 267 g/mol. The Morgan fingerprint density at radius 3 is 2.40 bits per heavy atom. The highest BCUT2D eigenvalue weighted by Crippen LogP contribution is 2.20. The van der Waals surface area contributed by atoms with Crippen LogP contribution < -0.4 is 0 Å². The fraction of sp³-hybridized carbons (Fsp3) is 0.267. The molecule has 0 atom stereocenters. The summed E-state index contributed by atoms with van der Waals surface area (Å²) in [5.41, 5.74) is 0.649. The molecule has 1 aromatic carbocycles. The highest BCUT2D eigenvalue weighted by atomic mass is 16.3. The first-order valence-electron chi connectivity index (χ1n) is 6.28. The minimum absolute atomic E-state index is 0.234. The van der Waals surface area contributed by atoms with Gasteiger partial charge >= 0.3 is 0 Å². The molecule has 0 bridgehead atoms. The van der Waals surface area contributed by atoms with Crippen molar-refractivity contribution in [3.05, 3.63) is 36.1 Å². The maximum absolute atomic E-state index is 12.3. The normalized spacial score (nSPS) is 9.90. The number of hydrogen-bond acceptors (Lipinski definition) is 4. The van der Waals surface area contributed by atoms with Crippen molar-refractivity contribution in [1.82, 2.24) is 4.90 Å². The zero-order chi connectivity index (χ0) is 14.4. The Hall–Kier alpha value is -2.79. The highest BCUT2D eigenvalue weighted by Gasteiger charge is 2.19. The number of amides is 1. The maximum atomic E-state index is 12.3. The first-order chi connectivity index (χ1) is 9.76. The van der Waals surface area contributed by atoms with Gasteiger partial charge in [0.25, 0.3) is 5.91 Å². The third kappa shape index (κ3) is 2.96. The second-order valence-electron chi connectivity index (χ2n) is 4.26. The molecule has 1 heterocycles. The van der Waals surface area contributed by atoms with E-state index in [1.807, 2.05) is 30.3 Å². The van der Waals surface area contributed by atoms with Gasteiger partial charge in [-0.05, 0) is 12.1 Å². The summed E-state index contributed by atoms with van der Waals surface area (Å²) in [5, 5.41) is 18.1. The lowest BCUT2D eigenvalue weighted by molar-refractivity contribution is 0.0733. The van der Waals surface area contributed by atoms with Gasteiger partial charge in [0.1, 0.15) is 5.58 Å². The molecule has 5 nitrogen and oxygen atoms in total. The van der Waals surface area contributed by atoms with Crippen LogP contribution >= 0.6 is 0 Å². The Kier molecular flexibility index (Phi) is 4.36. The van der Waals surface area contributed by atoms with E-state index in [1.165, 1.54) is 4.90 Å². The molecule has 2 aromatic rings. The van der Waals surface area contributed by atoms with E-state index in [0.29, 0.717) is 18.7 Å². The van der Waals surface area contributed by atoms with Gasteiger partial charge in [0, 0.05) is 18.5 Å². The number of nitrogens with zero attached hydrogens (tertiary/aromatic N) is 3. The van der Waals surface area contributed by atoms with Crippen LogP contribution in [-0.4, -0.2) is 23.9 Å². The first kappa shape index (κ1) is 13.6. The summed E-state index contributed by atoms with van der Waals surface area (Å²) in [6.45, 7) is 0.599. The van der Waals surface area contributed by atoms with Gasteiger partial charge in [-0.2, -0.15) is 10.5 Å². The second kappa shape index (κ2) is 6.40. The molecule has 0 radical (unpaired) electrons. The molecule has 0 fully saturated rings. The molecular weight excluding hydrogens is 254 g/mol. The molecule has 20 heavy (non-hydrogen) atoms. The van der Waals surface area contributed by atoms with Crippen LogP contribution in [0.15, 0.2) is 34.7 Å². The molecule has 0 aliphatic carbocycles. The fourth-order valence-electron chi connectivity index (χ4n) is 1.93. The third-order valence-corrected chi connectivity index (χ3v) is 2.91. The van der Waals surface area contributed by atoms with Gasteiger partial charge in [-0.3, -0.25) is 4.79 Å². The largest absolute Gasteiger partial charge is 0.451 e. The molecule has 0 saturated heterocycles. The van der Waals surface area contributed by atoms with E-state index in [9.17, 15) is 4.79 Å². The van der Waals surface area contributed by atoms with Crippen LogP contribution in [0.3, 0.4) is 0 Å². The molecule has 0 unspecified atom stereocenters. The van der Waals surface area contributed by atoms with E-state index in [2.05, 4.69) is 0 Å². The van der Waals surface area contributed by atoms with Gasteiger partial charge in [-0.15, -0.1) is 0 Å². The Morgan fingerprint density at radius 1 is 1.15 bits per heavy atom. The van der Waals surface area contributed by atoms with Gasteiger partial charge in [-0.25, -0.2) is 0 Å². The van der Waals surface area contributed by atoms with Gasteiger partial charge in [-0.1, -0.05) is 18.2 Å². The SMILES string of the molecule is N#CCCN(CCC#N)C(=O)c1cc2ccccc2o1. The van der Waals surface area contributed by atoms with E-state index in [4.69, 9.17) is 14.9 Å². The molecule has 0 aliphatic rings. The van der Waals surface area contributed by atoms with E-state index < -0.39 is 0 Å². The minimum Gasteiger partial charge on any atom is -0.451 e. The van der Waals surface area contributed by atoms with Crippen molar-refractivity contribution in [2.45, 2.75) is 12.8 Å². The summed E-state index contributed by atoms with van der Waals surface area (Å²) in [6.07, 6.45) is 0.467. The number of fused-ring (bicyclic) bond motifs is 1. The van der Waals surface area contributed by atoms with Crippen LogP contribution in [0.25, 0.3) is 11.0 Å². The topological polar surface area (TPSA) is 81.0 Å². The van der Waals surface area contributed by atoms with Gasteiger partial charge in [0.15, 0.2) is 5.76 Å². The monoisotopic (exact) mass is 267 g/mol. The number of hydrogen-bond donors (Lipinski definition) is 0. The van der Waals surface area contributed by atoms with Crippen LogP contribution in [-0.2, 0) is 0 Å². The van der Waals surface area contributed by atoms with Crippen LogP contribution in [0.4, 0.5) is 0 Å². The zero-order valence-electron chi connectivity index (χ0n) is 10.9. The second-order valence-corrected chi connectivity index (χ2v) is 4.26. The van der Waals surface area contributed by atoms with Crippen LogP contribution in [0.5, 0.6) is 0 Å². The molecule has 100 valence electrons.